The molecule has 2 saturated heterocycles. The molecule has 1 N–H and O–H groups in total. The van der Waals surface area contributed by atoms with Gasteiger partial charge in [-0.2, -0.15) is 0 Å². The average molecular weight is 399 g/mol. The summed E-state index contributed by atoms with van der Waals surface area (Å²) in [5.41, 5.74) is 1.84. The minimum atomic E-state index is -0.0184. The van der Waals surface area contributed by atoms with E-state index in [1.807, 2.05) is 43.0 Å². The van der Waals surface area contributed by atoms with Crippen LogP contribution in [0.4, 0.5) is 5.69 Å². The molecular weight excluding hydrogens is 368 g/mol. The molecule has 2 fully saturated rings. The van der Waals surface area contributed by atoms with Crippen molar-refractivity contribution < 1.29 is 14.4 Å². The molecule has 3 amide bonds. The van der Waals surface area contributed by atoms with Crippen LogP contribution in [0, 0.1) is 0 Å². The van der Waals surface area contributed by atoms with Gasteiger partial charge in [0.05, 0.1) is 6.54 Å². The lowest BCUT2D eigenvalue weighted by Crippen LogP contribution is -2.51. The molecule has 3 rings (SSSR count). The topological polar surface area (TPSA) is 73.0 Å². The highest BCUT2D eigenvalue weighted by molar-refractivity contribution is 5.95. The van der Waals surface area contributed by atoms with Crippen LogP contribution in [0.5, 0.6) is 0 Å². The van der Waals surface area contributed by atoms with E-state index < -0.39 is 0 Å². The number of carbonyl (C=O) groups is 3. The third-order valence-electron chi connectivity index (χ3n) is 5.20. The van der Waals surface area contributed by atoms with Crippen LogP contribution in [0.15, 0.2) is 30.3 Å². The Labute approximate surface area is 172 Å². The Morgan fingerprint density at radius 1 is 1.07 bits per heavy atom. The first-order valence-electron chi connectivity index (χ1n) is 10.3. The molecule has 29 heavy (non-hydrogen) atoms. The molecule has 1 aromatic carbocycles. The maximum Gasteiger partial charge on any atom is 0.246 e. The van der Waals surface area contributed by atoms with Gasteiger partial charge < -0.3 is 15.1 Å². The van der Waals surface area contributed by atoms with Gasteiger partial charge in [-0.1, -0.05) is 12.1 Å². The molecule has 0 bridgehead atoms. The minimum Gasteiger partial charge on any atom is -0.353 e. The van der Waals surface area contributed by atoms with E-state index in [1.54, 1.807) is 17.1 Å². The molecule has 1 aromatic rings. The van der Waals surface area contributed by atoms with Crippen LogP contribution >= 0.6 is 0 Å². The number of nitrogens with one attached hydrogen (secondary N) is 1. The summed E-state index contributed by atoms with van der Waals surface area (Å²) < 4.78 is 0. The lowest BCUT2D eigenvalue weighted by Gasteiger charge is -2.33. The Balaban J connectivity index is 1.46. The number of nitrogens with zero attached hydrogens (tertiary/aromatic N) is 3. The summed E-state index contributed by atoms with van der Waals surface area (Å²) in [6.45, 7) is 7.68. The van der Waals surface area contributed by atoms with Crippen molar-refractivity contribution in [2.45, 2.75) is 32.7 Å². The monoisotopic (exact) mass is 398 g/mol. The summed E-state index contributed by atoms with van der Waals surface area (Å²) in [4.78, 5) is 41.8. The van der Waals surface area contributed by atoms with E-state index in [4.69, 9.17) is 0 Å². The van der Waals surface area contributed by atoms with E-state index in [9.17, 15) is 14.4 Å². The Morgan fingerprint density at radius 2 is 1.76 bits per heavy atom. The van der Waals surface area contributed by atoms with Crippen LogP contribution in [0.25, 0.3) is 6.08 Å². The van der Waals surface area contributed by atoms with Crippen molar-refractivity contribution in [3.05, 3.63) is 35.9 Å². The Hall–Kier alpha value is -2.67. The number of amides is 3. The Kier molecular flexibility index (Phi) is 7.04. The number of carbonyl (C=O) groups excluding carboxylic acids is 3. The van der Waals surface area contributed by atoms with Crippen molar-refractivity contribution in [3.63, 3.8) is 0 Å². The first-order valence-corrected chi connectivity index (χ1v) is 10.3. The number of piperazine rings is 1. The predicted molar refractivity (Wildman–Crippen MR) is 113 cm³/mol. The molecule has 2 aliphatic heterocycles. The summed E-state index contributed by atoms with van der Waals surface area (Å²) in [5.74, 6) is 0.179. The molecular formula is C22H30N4O3. The van der Waals surface area contributed by atoms with Crippen molar-refractivity contribution >= 4 is 29.5 Å². The van der Waals surface area contributed by atoms with Gasteiger partial charge in [0.15, 0.2) is 0 Å². The van der Waals surface area contributed by atoms with Gasteiger partial charge in [-0.3, -0.25) is 19.3 Å². The minimum absolute atomic E-state index is 0.0184. The molecule has 0 radical (unpaired) electrons. The van der Waals surface area contributed by atoms with E-state index in [0.717, 1.165) is 24.2 Å². The standard InChI is InChI=1S/C22H30N4O3/c1-17(2)23-20(27)16-24-12-14-25(15-13-24)21(28)10-7-18-5-8-19(9-6-18)26-11-3-4-22(26)29/h5-10,17H,3-4,11-16H2,1-2H3,(H,23,27)/b10-7+. The molecule has 7 nitrogen and oxygen atoms in total. The quantitative estimate of drug-likeness (QED) is 0.737. The van der Waals surface area contributed by atoms with Gasteiger partial charge in [-0.15, -0.1) is 0 Å². The maximum atomic E-state index is 12.5. The normalized spacial score (nSPS) is 18.1. The molecule has 0 aromatic heterocycles. The first kappa shape index (κ1) is 21.0. The van der Waals surface area contributed by atoms with Crippen molar-refractivity contribution in [1.29, 1.82) is 0 Å². The fraction of sp³-hybridized carbons (Fsp3) is 0.500. The van der Waals surface area contributed by atoms with Crippen LogP contribution < -0.4 is 10.2 Å². The zero-order valence-electron chi connectivity index (χ0n) is 17.3. The van der Waals surface area contributed by atoms with Crippen molar-refractivity contribution in [3.8, 4) is 0 Å². The van der Waals surface area contributed by atoms with Crippen LogP contribution in [-0.2, 0) is 14.4 Å². The highest BCUT2D eigenvalue weighted by atomic mass is 16.2. The molecule has 0 unspecified atom stereocenters. The van der Waals surface area contributed by atoms with Gasteiger partial charge in [0, 0.05) is 56.9 Å². The van der Waals surface area contributed by atoms with Gasteiger partial charge in [0.2, 0.25) is 17.7 Å². The Bertz CT molecular complexity index is 765. The van der Waals surface area contributed by atoms with Crippen LogP contribution in [0.3, 0.4) is 0 Å². The van der Waals surface area contributed by atoms with Crippen LogP contribution in [0.2, 0.25) is 0 Å². The lowest BCUT2D eigenvalue weighted by atomic mass is 10.1. The lowest BCUT2D eigenvalue weighted by molar-refractivity contribution is -0.128. The van der Waals surface area contributed by atoms with E-state index >= 15 is 0 Å². The zero-order chi connectivity index (χ0) is 20.8. The molecule has 0 aliphatic carbocycles. The highest BCUT2D eigenvalue weighted by Crippen LogP contribution is 2.22. The van der Waals surface area contributed by atoms with Gasteiger partial charge in [0.25, 0.3) is 0 Å². The third kappa shape index (κ3) is 5.90. The second kappa shape index (κ2) is 9.69. The van der Waals surface area contributed by atoms with Crippen molar-refractivity contribution in [1.82, 2.24) is 15.1 Å². The second-order valence-corrected chi connectivity index (χ2v) is 7.90. The average Bonchev–Trinajstić information content (AvgIpc) is 3.12. The first-order chi connectivity index (χ1) is 13.9. The summed E-state index contributed by atoms with van der Waals surface area (Å²) in [6.07, 6.45) is 4.92. The maximum absolute atomic E-state index is 12.5. The molecule has 0 spiro atoms. The molecule has 7 heteroatoms. The number of hydrogen-bond acceptors (Lipinski definition) is 4. The summed E-state index contributed by atoms with van der Waals surface area (Å²) in [7, 11) is 0. The van der Waals surface area contributed by atoms with Crippen molar-refractivity contribution in [2.75, 3.05) is 44.2 Å². The van der Waals surface area contributed by atoms with Crippen LogP contribution in [0.1, 0.15) is 32.3 Å². The molecule has 0 atom stereocenters. The van der Waals surface area contributed by atoms with Crippen molar-refractivity contribution in [2.24, 2.45) is 0 Å². The summed E-state index contributed by atoms with van der Waals surface area (Å²) >= 11 is 0. The second-order valence-electron chi connectivity index (χ2n) is 7.90. The Morgan fingerprint density at radius 3 is 2.34 bits per heavy atom. The van der Waals surface area contributed by atoms with Gasteiger partial charge in [-0.25, -0.2) is 0 Å². The predicted octanol–water partition coefficient (Wildman–Crippen LogP) is 1.50. The zero-order valence-corrected chi connectivity index (χ0v) is 17.3. The fourth-order valence-electron chi connectivity index (χ4n) is 3.66. The van der Waals surface area contributed by atoms with Gasteiger partial charge in [0.1, 0.15) is 0 Å². The molecule has 2 heterocycles. The highest BCUT2D eigenvalue weighted by Gasteiger charge is 2.22. The smallest absolute Gasteiger partial charge is 0.246 e. The molecule has 156 valence electrons. The van der Waals surface area contributed by atoms with Crippen LogP contribution in [-0.4, -0.2) is 72.8 Å². The van der Waals surface area contributed by atoms with E-state index in [-0.39, 0.29) is 23.8 Å². The molecule has 2 aliphatic rings. The van der Waals surface area contributed by atoms with E-state index in [1.165, 1.54) is 0 Å². The van der Waals surface area contributed by atoms with Gasteiger partial charge >= 0.3 is 0 Å². The SMILES string of the molecule is CC(C)NC(=O)CN1CCN(C(=O)/C=C/c2ccc(N3CCCC3=O)cc2)CC1. The number of anilines is 1. The number of rotatable bonds is 6. The van der Waals surface area contributed by atoms with Gasteiger partial charge in [-0.05, 0) is 44.0 Å². The number of hydrogen-bond donors (Lipinski definition) is 1. The fourth-order valence-corrected chi connectivity index (χ4v) is 3.66. The van der Waals surface area contributed by atoms with E-state index in [2.05, 4.69) is 10.2 Å². The molecule has 0 saturated carbocycles. The summed E-state index contributed by atoms with van der Waals surface area (Å²) in [6, 6.07) is 7.84. The number of benzene rings is 1. The summed E-state index contributed by atoms with van der Waals surface area (Å²) in [5, 5.41) is 2.89. The third-order valence-corrected chi connectivity index (χ3v) is 5.20. The largest absolute Gasteiger partial charge is 0.353 e. The van der Waals surface area contributed by atoms with E-state index in [0.29, 0.717) is 39.1 Å².